The van der Waals surface area contributed by atoms with E-state index in [4.69, 9.17) is 9.47 Å². The summed E-state index contributed by atoms with van der Waals surface area (Å²) in [5.41, 5.74) is 2.25. The van der Waals surface area contributed by atoms with Crippen molar-refractivity contribution in [3.05, 3.63) is 64.1 Å². The van der Waals surface area contributed by atoms with Crippen molar-refractivity contribution in [3.8, 4) is 5.75 Å². The number of carbonyl (C=O) groups is 1. The molecule has 1 amide bonds. The molecule has 2 N–H and O–H groups in total. The maximum absolute atomic E-state index is 12.0. The number of rotatable bonds is 9. The molecule has 2 fully saturated rings. The number of alkyl carbamates (subject to hydrolysis) is 1. The van der Waals surface area contributed by atoms with Gasteiger partial charge in [-0.1, -0.05) is 40.2 Å². The summed E-state index contributed by atoms with van der Waals surface area (Å²) in [6.07, 6.45) is 1.75. The average molecular weight is 531 g/mol. The Bertz CT molecular complexity index is 943. The fraction of sp³-hybridized carbons (Fsp3) is 0.519. The third-order valence-corrected chi connectivity index (χ3v) is 6.76. The van der Waals surface area contributed by atoms with E-state index in [-0.39, 0.29) is 17.7 Å². The molecular formula is C27H36BrN3O3. The SMILES string of the molecule is CC(C)(C)NC(=O)O[C@@H]1CCN(CCN[C@@H]2C[C@H]2c2ccc(OCc3ccc(Br)cc3)cc2)C1. The maximum Gasteiger partial charge on any atom is 0.407 e. The molecule has 0 radical (unpaired) electrons. The van der Waals surface area contributed by atoms with Crippen LogP contribution in [0, 0.1) is 0 Å². The number of ether oxygens (including phenoxy) is 2. The molecule has 1 heterocycles. The van der Waals surface area contributed by atoms with E-state index >= 15 is 0 Å². The lowest BCUT2D eigenvalue weighted by Crippen LogP contribution is -2.42. The first kappa shape index (κ1) is 25.0. The van der Waals surface area contributed by atoms with E-state index in [1.54, 1.807) is 0 Å². The summed E-state index contributed by atoms with van der Waals surface area (Å²) < 4.78 is 12.6. The molecule has 2 aliphatic rings. The quantitative estimate of drug-likeness (QED) is 0.474. The highest BCUT2D eigenvalue weighted by atomic mass is 79.9. The van der Waals surface area contributed by atoms with Gasteiger partial charge in [-0.3, -0.25) is 4.90 Å². The van der Waals surface area contributed by atoms with Gasteiger partial charge in [0.15, 0.2) is 0 Å². The molecule has 1 saturated heterocycles. The van der Waals surface area contributed by atoms with E-state index in [9.17, 15) is 4.79 Å². The molecule has 34 heavy (non-hydrogen) atoms. The molecule has 0 spiro atoms. The van der Waals surface area contributed by atoms with Crippen LogP contribution in [0.25, 0.3) is 0 Å². The molecule has 184 valence electrons. The van der Waals surface area contributed by atoms with Crippen LogP contribution in [0.1, 0.15) is 50.7 Å². The van der Waals surface area contributed by atoms with E-state index in [0.717, 1.165) is 48.4 Å². The molecule has 1 saturated carbocycles. The van der Waals surface area contributed by atoms with Crippen molar-refractivity contribution in [2.45, 2.75) is 63.8 Å². The lowest BCUT2D eigenvalue weighted by molar-refractivity contribution is 0.0943. The minimum atomic E-state index is -0.317. The number of hydrogen-bond donors (Lipinski definition) is 2. The van der Waals surface area contributed by atoms with E-state index in [1.165, 1.54) is 12.0 Å². The Labute approximate surface area is 211 Å². The number of likely N-dealkylation sites (tertiary alicyclic amines) is 1. The van der Waals surface area contributed by atoms with Gasteiger partial charge in [0.25, 0.3) is 0 Å². The Kier molecular flexibility index (Phi) is 8.17. The number of halogens is 1. The summed E-state index contributed by atoms with van der Waals surface area (Å²) in [5.74, 6) is 1.48. The number of hydrogen-bond acceptors (Lipinski definition) is 5. The Morgan fingerprint density at radius 2 is 1.85 bits per heavy atom. The van der Waals surface area contributed by atoms with Gasteiger partial charge in [-0.25, -0.2) is 4.79 Å². The molecular weight excluding hydrogens is 494 g/mol. The molecule has 7 heteroatoms. The van der Waals surface area contributed by atoms with Gasteiger partial charge < -0.3 is 20.1 Å². The molecule has 1 aliphatic carbocycles. The van der Waals surface area contributed by atoms with Gasteiger partial charge >= 0.3 is 6.09 Å². The van der Waals surface area contributed by atoms with Crippen LogP contribution in [0.5, 0.6) is 5.75 Å². The molecule has 3 atom stereocenters. The zero-order valence-corrected chi connectivity index (χ0v) is 21.9. The van der Waals surface area contributed by atoms with E-state index in [1.807, 2.05) is 32.9 Å². The van der Waals surface area contributed by atoms with Crippen LogP contribution < -0.4 is 15.4 Å². The van der Waals surface area contributed by atoms with E-state index in [2.05, 4.69) is 67.9 Å². The lowest BCUT2D eigenvalue weighted by atomic mass is 10.1. The van der Waals surface area contributed by atoms with Crippen molar-refractivity contribution in [1.29, 1.82) is 0 Å². The van der Waals surface area contributed by atoms with Gasteiger partial charge in [0.2, 0.25) is 0 Å². The number of amides is 1. The van der Waals surface area contributed by atoms with Crippen LogP contribution in [-0.4, -0.2) is 54.9 Å². The summed E-state index contributed by atoms with van der Waals surface area (Å²) in [5, 5.41) is 6.55. The van der Waals surface area contributed by atoms with Gasteiger partial charge in [0.1, 0.15) is 18.5 Å². The monoisotopic (exact) mass is 529 g/mol. The molecule has 0 unspecified atom stereocenters. The van der Waals surface area contributed by atoms with Crippen LogP contribution in [-0.2, 0) is 11.3 Å². The Morgan fingerprint density at radius 3 is 2.56 bits per heavy atom. The van der Waals surface area contributed by atoms with Crippen LogP contribution in [0.3, 0.4) is 0 Å². The third kappa shape index (κ3) is 7.72. The number of nitrogens with zero attached hydrogens (tertiary/aromatic N) is 1. The molecule has 2 aromatic carbocycles. The maximum atomic E-state index is 12.0. The highest BCUT2D eigenvalue weighted by Gasteiger charge is 2.38. The topological polar surface area (TPSA) is 62.8 Å². The Balaban J connectivity index is 1.11. The third-order valence-electron chi connectivity index (χ3n) is 6.23. The highest BCUT2D eigenvalue weighted by molar-refractivity contribution is 9.10. The number of benzene rings is 2. The molecule has 6 nitrogen and oxygen atoms in total. The first-order chi connectivity index (χ1) is 16.2. The largest absolute Gasteiger partial charge is 0.489 e. The lowest BCUT2D eigenvalue weighted by Gasteiger charge is -2.22. The van der Waals surface area contributed by atoms with Gasteiger partial charge in [0, 0.05) is 48.2 Å². The summed E-state index contributed by atoms with van der Waals surface area (Å²) in [4.78, 5) is 14.3. The molecule has 4 rings (SSSR count). The minimum absolute atomic E-state index is 0.0134. The van der Waals surface area contributed by atoms with Crippen molar-refractivity contribution < 1.29 is 14.3 Å². The Hall–Kier alpha value is -2.09. The molecule has 0 bridgehead atoms. The summed E-state index contributed by atoms with van der Waals surface area (Å²) in [6.45, 7) is 10.2. The summed E-state index contributed by atoms with van der Waals surface area (Å²) >= 11 is 3.46. The minimum Gasteiger partial charge on any atom is -0.489 e. The van der Waals surface area contributed by atoms with Crippen molar-refractivity contribution in [2.75, 3.05) is 26.2 Å². The van der Waals surface area contributed by atoms with Crippen LogP contribution in [0.4, 0.5) is 4.79 Å². The van der Waals surface area contributed by atoms with E-state index < -0.39 is 0 Å². The highest BCUT2D eigenvalue weighted by Crippen LogP contribution is 2.41. The van der Waals surface area contributed by atoms with Gasteiger partial charge in [-0.05, 0) is 69.0 Å². The molecule has 0 aromatic heterocycles. The van der Waals surface area contributed by atoms with Gasteiger partial charge in [-0.15, -0.1) is 0 Å². The zero-order chi connectivity index (χ0) is 24.1. The second-order valence-electron chi connectivity index (χ2n) is 10.4. The zero-order valence-electron chi connectivity index (χ0n) is 20.4. The summed E-state index contributed by atoms with van der Waals surface area (Å²) in [7, 11) is 0. The molecule has 2 aromatic rings. The Morgan fingerprint density at radius 1 is 1.12 bits per heavy atom. The van der Waals surface area contributed by atoms with Gasteiger partial charge in [-0.2, -0.15) is 0 Å². The fourth-order valence-electron chi connectivity index (χ4n) is 4.34. The fourth-order valence-corrected chi connectivity index (χ4v) is 4.60. The van der Waals surface area contributed by atoms with Crippen LogP contribution in [0.2, 0.25) is 0 Å². The predicted octanol–water partition coefficient (Wildman–Crippen LogP) is 5.07. The molecule has 1 aliphatic heterocycles. The second-order valence-corrected chi connectivity index (χ2v) is 11.3. The van der Waals surface area contributed by atoms with Crippen molar-refractivity contribution in [1.82, 2.24) is 15.5 Å². The van der Waals surface area contributed by atoms with Gasteiger partial charge in [0.05, 0.1) is 0 Å². The standard InChI is InChI=1S/C27H36BrN3O3/c1-27(2,3)30-26(32)34-23-12-14-31(17-23)15-13-29-25-16-24(25)20-6-10-22(11-7-20)33-18-19-4-8-21(28)9-5-19/h4-11,23-25,29H,12-18H2,1-3H3,(H,30,32)/t23-,24+,25-/m1/s1. The predicted molar refractivity (Wildman–Crippen MR) is 138 cm³/mol. The number of nitrogens with one attached hydrogen (secondary N) is 2. The van der Waals surface area contributed by atoms with Crippen molar-refractivity contribution in [3.63, 3.8) is 0 Å². The first-order valence-electron chi connectivity index (χ1n) is 12.2. The average Bonchev–Trinajstić information content (AvgIpc) is 3.42. The smallest absolute Gasteiger partial charge is 0.407 e. The van der Waals surface area contributed by atoms with Crippen molar-refractivity contribution >= 4 is 22.0 Å². The summed E-state index contributed by atoms with van der Waals surface area (Å²) in [6, 6.07) is 17.3. The second kappa shape index (κ2) is 11.1. The normalized spacial score (nSPS) is 22.4. The van der Waals surface area contributed by atoms with E-state index in [0.29, 0.717) is 18.6 Å². The van der Waals surface area contributed by atoms with Crippen molar-refractivity contribution in [2.24, 2.45) is 0 Å². The first-order valence-corrected chi connectivity index (χ1v) is 13.0. The number of carbonyl (C=O) groups excluding carboxylic acids is 1. The van der Waals surface area contributed by atoms with Crippen LogP contribution in [0.15, 0.2) is 53.0 Å². The van der Waals surface area contributed by atoms with Crippen LogP contribution >= 0.6 is 15.9 Å².